The second-order valence-electron chi connectivity index (χ2n) is 5.94. The van der Waals surface area contributed by atoms with E-state index in [9.17, 15) is 4.79 Å². The molecule has 0 fully saturated rings. The largest absolute Gasteiger partial charge is 0.494 e. The van der Waals surface area contributed by atoms with Gasteiger partial charge in [0, 0.05) is 30.6 Å². The molecule has 6 heteroatoms. The van der Waals surface area contributed by atoms with E-state index < -0.39 is 0 Å². The number of nitrogens with zero attached hydrogens (tertiary/aromatic N) is 2. The van der Waals surface area contributed by atoms with E-state index in [2.05, 4.69) is 15.5 Å². The van der Waals surface area contributed by atoms with Gasteiger partial charge in [-0.25, -0.2) is 0 Å². The first kappa shape index (κ1) is 17.7. The van der Waals surface area contributed by atoms with Gasteiger partial charge in [0.2, 0.25) is 0 Å². The van der Waals surface area contributed by atoms with Crippen LogP contribution >= 0.6 is 0 Å². The Morgan fingerprint density at radius 3 is 2.81 bits per heavy atom. The SMILES string of the molecule is Cc1ccc(OCCCCNC(=O)c2cc(-c3cccnc3)on2)cc1. The summed E-state index contributed by atoms with van der Waals surface area (Å²) in [5.74, 6) is 1.14. The molecule has 0 spiro atoms. The molecule has 26 heavy (non-hydrogen) atoms. The monoisotopic (exact) mass is 351 g/mol. The van der Waals surface area contributed by atoms with Gasteiger partial charge in [-0.05, 0) is 44.0 Å². The van der Waals surface area contributed by atoms with Crippen molar-refractivity contribution < 1.29 is 14.1 Å². The lowest BCUT2D eigenvalue weighted by atomic mass is 10.2. The van der Waals surface area contributed by atoms with Gasteiger partial charge < -0.3 is 14.6 Å². The quantitative estimate of drug-likeness (QED) is 0.627. The zero-order chi connectivity index (χ0) is 18.2. The number of pyridine rings is 1. The number of carbonyl (C=O) groups is 1. The van der Waals surface area contributed by atoms with Crippen molar-refractivity contribution >= 4 is 5.91 Å². The second kappa shape index (κ2) is 8.80. The number of hydrogen-bond donors (Lipinski definition) is 1. The van der Waals surface area contributed by atoms with Gasteiger partial charge in [-0.15, -0.1) is 0 Å². The van der Waals surface area contributed by atoms with Crippen molar-refractivity contribution in [3.8, 4) is 17.1 Å². The van der Waals surface area contributed by atoms with E-state index in [4.69, 9.17) is 9.26 Å². The van der Waals surface area contributed by atoms with Gasteiger partial charge in [-0.3, -0.25) is 9.78 Å². The number of aryl methyl sites for hydroxylation is 1. The number of carbonyl (C=O) groups excluding carboxylic acids is 1. The molecular weight excluding hydrogens is 330 g/mol. The molecule has 0 unspecified atom stereocenters. The fraction of sp³-hybridized carbons (Fsp3) is 0.250. The summed E-state index contributed by atoms with van der Waals surface area (Å²) in [7, 11) is 0. The average molecular weight is 351 g/mol. The predicted molar refractivity (Wildman–Crippen MR) is 98.0 cm³/mol. The van der Waals surface area contributed by atoms with Crippen molar-refractivity contribution in [2.75, 3.05) is 13.2 Å². The van der Waals surface area contributed by atoms with Gasteiger partial charge in [0.15, 0.2) is 11.5 Å². The molecule has 6 nitrogen and oxygen atoms in total. The van der Waals surface area contributed by atoms with Crippen molar-refractivity contribution in [3.05, 3.63) is 66.1 Å². The summed E-state index contributed by atoms with van der Waals surface area (Å²) in [5, 5.41) is 6.65. The highest BCUT2D eigenvalue weighted by atomic mass is 16.5. The molecule has 0 aliphatic rings. The van der Waals surface area contributed by atoms with Crippen molar-refractivity contribution in [2.24, 2.45) is 0 Å². The second-order valence-corrected chi connectivity index (χ2v) is 5.94. The molecule has 1 N–H and O–H groups in total. The maximum Gasteiger partial charge on any atom is 0.273 e. The van der Waals surface area contributed by atoms with E-state index in [1.54, 1.807) is 24.5 Å². The molecule has 3 aromatic rings. The maximum absolute atomic E-state index is 12.1. The number of unbranched alkanes of at least 4 members (excludes halogenated alkanes) is 1. The van der Waals surface area contributed by atoms with Gasteiger partial charge in [0.25, 0.3) is 5.91 Å². The first-order chi connectivity index (χ1) is 12.7. The Balaban J connectivity index is 1.37. The summed E-state index contributed by atoms with van der Waals surface area (Å²) in [5.41, 5.74) is 2.26. The van der Waals surface area contributed by atoms with E-state index >= 15 is 0 Å². The molecule has 0 bridgehead atoms. The topological polar surface area (TPSA) is 77.2 Å². The molecule has 1 amide bonds. The molecule has 0 aliphatic carbocycles. The molecule has 1 aromatic carbocycles. The van der Waals surface area contributed by atoms with Crippen molar-refractivity contribution in [1.82, 2.24) is 15.5 Å². The van der Waals surface area contributed by atoms with Crippen molar-refractivity contribution in [2.45, 2.75) is 19.8 Å². The van der Waals surface area contributed by atoms with E-state index in [1.807, 2.05) is 37.3 Å². The van der Waals surface area contributed by atoms with Crippen LogP contribution in [0.2, 0.25) is 0 Å². The van der Waals surface area contributed by atoms with Crippen LogP contribution in [0.25, 0.3) is 11.3 Å². The smallest absolute Gasteiger partial charge is 0.273 e. The Morgan fingerprint density at radius 2 is 2.04 bits per heavy atom. The number of ether oxygens (including phenoxy) is 1. The summed E-state index contributed by atoms with van der Waals surface area (Å²) < 4.78 is 10.9. The predicted octanol–water partition coefficient (Wildman–Crippen LogP) is 3.63. The van der Waals surface area contributed by atoms with Crippen LogP contribution in [-0.2, 0) is 0 Å². The van der Waals surface area contributed by atoms with E-state index in [0.29, 0.717) is 18.9 Å². The summed E-state index contributed by atoms with van der Waals surface area (Å²) in [6.07, 6.45) is 5.02. The van der Waals surface area contributed by atoms with Gasteiger partial charge in [0.1, 0.15) is 5.75 Å². The van der Waals surface area contributed by atoms with Gasteiger partial charge in [-0.2, -0.15) is 0 Å². The number of benzene rings is 1. The van der Waals surface area contributed by atoms with Crippen molar-refractivity contribution in [1.29, 1.82) is 0 Å². The minimum absolute atomic E-state index is 0.247. The fourth-order valence-electron chi connectivity index (χ4n) is 2.37. The van der Waals surface area contributed by atoms with Gasteiger partial charge >= 0.3 is 0 Å². The molecule has 0 radical (unpaired) electrons. The third-order valence-electron chi connectivity index (χ3n) is 3.84. The van der Waals surface area contributed by atoms with Gasteiger partial charge in [0.05, 0.1) is 6.61 Å². The molecule has 0 atom stereocenters. The van der Waals surface area contributed by atoms with Crippen LogP contribution in [0.4, 0.5) is 0 Å². The summed E-state index contributed by atoms with van der Waals surface area (Å²) in [6.45, 7) is 3.22. The standard InChI is InChI=1S/C20H21N3O3/c1-15-6-8-17(9-7-15)25-12-3-2-11-22-20(24)18-13-19(26-23-18)16-5-4-10-21-14-16/h4-10,13-14H,2-3,11-12H2,1H3,(H,22,24). The zero-order valence-corrected chi connectivity index (χ0v) is 14.6. The summed E-state index contributed by atoms with van der Waals surface area (Å²) in [6, 6.07) is 13.2. The number of rotatable bonds is 8. The molecular formula is C20H21N3O3. The Hall–Kier alpha value is -3.15. The maximum atomic E-state index is 12.1. The highest BCUT2D eigenvalue weighted by Gasteiger charge is 2.13. The average Bonchev–Trinajstić information content (AvgIpc) is 3.17. The van der Waals surface area contributed by atoms with E-state index in [0.717, 1.165) is 24.2 Å². The van der Waals surface area contributed by atoms with Crippen LogP contribution in [0.5, 0.6) is 5.75 Å². The first-order valence-corrected chi connectivity index (χ1v) is 8.57. The lowest BCUT2D eigenvalue weighted by Gasteiger charge is -2.06. The molecule has 2 aromatic heterocycles. The molecule has 3 rings (SSSR count). The Labute approximate surface area is 152 Å². The van der Waals surface area contributed by atoms with Crippen LogP contribution in [0.15, 0.2) is 59.4 Å². The number of aromatic nitrogens is 2. The van der Waals surface area contributed by atoms with E-state index in [1.165, 1.54) is 5.56 Å². The third-order valence-corrected chi connectivity index (χ3v) is 3.84. The minimum atomic E-state index is -0.247. The molecule has 0 aliphatic heterocycles. The normalized spacial score (nSPS) is 10.5. The number of nitrogens with one attached hydrogen (secondary N) is 1. The Morgan fingerprint density at radius 1 is 1.19 bits per heavy atom. The van der Waals surface area contributed by atoms with Crippen LogP contribution in [-0.4, -0.2) is 29.2 Å². The lowest BCUT2D eigenvalue weighted by Crippen LogP contribution is -2.25. The molecule has 0 saturated carbocycles. The Kier molecular flexibility index (Phi) is 5.98. The number of hydrogen-bond acceptors (Lipinski definition) is 5. The highest BCUT2D eigenvalue weighted by molar-refractivity contribution is 5.93. The van der Waals surface area contributed by atoms with Crippen LogP contribution in [0.3, 0.4) is 0 Å². The van der Waals surface area contributed by atoms with E-state index in [-0.39, 0.29) is 11.6 Å². The molecule has 2 heterocycles. The number of amides is 1. The fourth-order valence-corrected chi connectivity index (χ4v) is 2.37. The molecule has 134 valence electrons. The minimum Gasteiger partial charge on any atom is -0.494 e. The van der Waals surface area contributed by atoms with Crippen LogP contribution in [0.1, 0.15) is 28.9 Å². The van der Waals surface area contributed by atoms with Crippen LogP contribution in [0, 0.1) is 6.92 Å². The zero-order valence-electron chi connectivity index (χ0n) is 14.6. The first-order valence-electron chi connectivity index (χ1n) is 8.57. The van der Waals surface area contributed by atoms with Crippen LogP contribution < -0.4 is 10.1 Å². The van der Waals surface area contributed by atoms with Gasteiger partial charge in [-0.1, -0.05) is 22.9 Å². The lowest BCUT2D eigenvalue weighted by molar-refractivity contribution is 0.0943. The van der Waals surface area contributed by atoms with Crippen molar-refractivity contribution in [3.63, 3.8) is 0 Å². The highest BCUT2D eigenvalue weighted by Crippen LogP contribution is 2.18. The molecule has 0 saturated heterocycles. The summed E-state index contributed by atoms with van der Waals surface area (Å²) >= 11 is 0. The third kappa shape index (κ3) is 4.92. The summed E-state index contributed by atoms with van der Waals surface area (Å²) in [4.78, 5) is 16.1. The Bertz CT molecular complexity index is 829.